The molecule has 0 saturated heterocycles. The molecule has 5 heteroatoms. The van der Waals surface area contributed by atoms with Gasteiger partial charge in [0.2, 0.25) is 0 Å². The number of carbonyl (C=O) groups is 1. The number of esters is 1. The minimum Gasteiger partial charge on any atom is -0.464 e. The Labute approximate surface area is 80.4 Å². The SMILES string of the molecule is COC(=O)c1cc(Cl)nn1C1CC1. The third kappa shape index (κ3) is 1.54. The van der Waals surface area contributed by atoms with Crippen molar-refractivity contribution >= 4 is 17.6 Å². The molecular weight excluding hydrogens is 192 g/mol. The lowest BCUT2D eigenvalue weighted by atomic mass is 10.4. The van der Waals surface area contributed by atoms with Crippen molar-refractivity contribution in [2.24, 2.45) is 0 Å². The molecule has 1 aromatic rings. The smallest absolute Gasteiger partial charge is 0.356 e. The van der Waals surface area contributed by atoms with Gasteiger partial charge in [0.05, 0.1) is 13.2 Å². The Hall–Kier alpha value is -1.03. The fourth-order valence-corrected chi connectivity index (χ4v) is 1.40. The maximum atomic E-state index is 11.2. The van der Waals surface area contributed by atoms with E-state index in [2.05, 4.69) is 9.84 Å². The van der Waals surface area contributed by atoms with E-state index in [4.69, 9.17) is 11.6 Å². The number of nitrogens with zero attached hydrogens (tertiary/aromatic N) is 2. The molecule has 0 N–H and O–H groups in total. The molecule has 4 nitrogen and oxygen atoms in total. The predicted molar refractivity (Wildman–Crippen MR) is 46.8 cm³/mol. The minimum absolute atomic E-state index is 0.335. The van der Waals surface area contributed by atoms with Crippen LogP contribution in [0.25, 0.3) is 0 Å². The zero-order valence-corrected chi connectivity index (χ0v) is 7.91. The van der Waals surface area contributed by atoms with Crippen LogP contribution in [0.4, 0.5) is 0 Å². The molecule has 0 unspecified atom stereocenters. The van der Waals surface area contributed by atoms with Gasteiger partial charge in [-0.2, -0.15) is 5.10 Å². The van der Waals surface area contributed by atoms with E-state index in [0.29, 0.717) is 16.9 Å². The summed E-state index contributed by atoms with van der Waals surface area (Å²) in [5, 5.41) is 4.36. The van der Waals surface area contributed by atoms with Gasteiger partial charge in [0.15, 0.2) is 5.15 Å². The second-order valence-corrected chi connectivity index (χ2v) is 3.41. The summed E-state index contributed by atoms with van der Waals surface area (Å²) >= 11 is 5.70. The number of methoxy groups -OCH3 is 1. The van der Waals surface area contributed by atoms with Gasteiger partial charge in [0.25, 0.3) is 0 Å². The second-order valence-electron chi connectivity index (χ2n) is 3.02. The maximum Gasteiger partial charge on any atom is 0.356 e. The van der Waals surface area contributed by atoms with Crippen molar-refractivity contribution in [1.29, 1.82) is 0 Å². The predicted octanol–water partition coefficient (Wildman–Crippen LogP) is 1.66. The van der Waals surface area contributed by atoms with Gasteiger partial charge in [-0.1, -0.05) is 11.6 Å². The van der Waals surface area contributed by atoms with Crippen LogP contribution in [0, 0.1) is 0 Å². The Morgan fingerprint density at radius 1 is 1.77 bits per heavy atom. The van der Waals surface area contributed by atoms with Crippen LogP contribution in [-0.2, 0) is 4.74 Å². The third-order valence-corrected chi connectivity index (χ3v) is 2.18. The molecule has 0 spiro atoms. The molecule has 0 aliphatic heterocycles. The first kappa shape index (κ1) is 8.56. The highest BCUT2D eigenvalue weighted by Gasteiger charge is 2.29. The number of aromatic nitrogens is 2. The van der Waals surface area contributed by atoms with Crippen molar-refractivity contribution in [3.63, 3.8) is 0 Å². The van der Waals surface area contributed by atoms with Crippen LogP contribution in [0.3, 0.4) is 0 Å². The van der Waals surface area contributed by atoms with Crippen LogP contribution in [0.1, 0.15) is 29.4 Å². The summed E-state index contributed by atoms with van der Waals surface area (Å²) in [6.07, 6.45) is 2.12. The Morgan fingerprint density at radius 3 is 3.00 bits per heavy atom. The minimum atomic E-state index is -0.383. The highest BCUT2D eigenvalue weighted by atomic mass is 35.5. The summed E-state index contributed by atoms with van der Waals surface area (Å²) in [6, 6.07) is 1.87. The van der Waals surface area contributed by atoms with Gasteiger partial charge < -0.3 is 4.74 Å². The van der Waals surface area contributed by atoms with E-state index >= 15 is 0 Å². The van der Waals surface area contributed by atoms with Crippen molar-refractivity contribution < 1.29 is 9.53 Å². The number of hydrogen-bond donors (Lipinski definition) is 0. The van der Waals surface area contributed by atoms with Gasteiger partial charge in [-0.25, -0.2) is 4.79 Å². The molecule has 2 rings (SSSR count). The van der Waals surface area contributed by atoms with E-state index in [9.17, 15) is 4.79 Å². The topological polar surface area (TPSA) is 44.1 Å². The summed E-state index contributed by atoms with van der Waals surface area (Å²) in [5.74, 6) is -0.383. The molecule has 0 aromatic carbocycles. The lowest BCUT2D eigenvalue weighted by Crippen LogP contribution is -2.10. The maximum absolute atomic E-state index is 11.2. The highest BCUT2D eigenvalue weighted by Crippen LogP contribution is 2.36. The Kier molecular flexibility index (Phi) is 2.00. The monoisotopic (exact) mass is 200 g/mol. The molecule has 1 saturated carbocycles. The highest BCUT2D eigenvalue weighted by molar-refractivity contribution is 6.29. The van der Waals surface area contributed by atoms with Crippen LogP contribution in [0.2, 0.25) is 5.15 Å². The van der Waals surface area contributed by atoms with E-state index in [1.807, 2.05) is 0 Å². The summed E-state index contributed by atoms with van der Waals surface area (Å²) in [7, 11) is 1.35. The van der Waals surface area contributed by atoms with Gasteiger partial charge >= 0.3 is 5.97 Å². The Morgan fingerprint density at radius 2 is 2.46 bits per heavy atom. The lowest BCUT2D eigenvalue weighted by Gasteiger charge is -2.02. The van der Waals surface area contributed by atoms with Crippen LogP contribution in [-0.4, -0.2) is 22.9 Å². The summed E-state index contributed by atoms with van der Waals surface area (Å²) in [4.78, 5) is 11.2. The van der Waals surface area contributed by atoms with E-state index in [-0.39, 0.29) is 5.97 Å². The number of carbonyl (C=O) groups excluding carboxylic acids is 1. The molecule has 0 atom stereocenters. The van der Waals surface area contributed by atoms with Crippen molar-refractivity contribution in [3.8, 4) is 0 Å². The first-order chi connectivity index (χ1) is 6.22. The molecule has 0 amide bonds. The van der Waals surface area contributed by atoms with Gasteiger partial charge in [-0.15, -0.1) is 0 Å². The average molecular weight is 201 g/mol. The normalized spacial score (nSPS) is 15.8. The van der Waals surface area contributed by atoms with Crippen LogP contribution >= 0.6 is 11.6 Å². The largest absolute Gasteiger partial charge is 0.464 e. The van der Waals surface area contributed by atoms with Gasteiger partial charge in [-0.3, -0.25) is 4.68 Å². The fourth-order valence-electron chi connectivity index (χ4n) is 1.22. The van der Waals surface area contributed by atoms with Crippen molar-refractivity contribution in [1.82, 2.24) is 9.78 Å². The Bertz CT molecular complexity index is 344. The zero-order valence-electron chi connectivity index (χ0n) is 7.16. The number of hydrogen-bond acceptors (Lipinski definition) is 3. The number of ether oxygens (including phenoxy) is 1. The van der Waals surface area contributed by atoms with Crippen LogP contribution < -0.4 is 0 Å². The molecule has 70 valence electrons. The zero-order chi connectivity index (χ0) is 9.42. The molecule has 13 heavy (non-hydrogen) atoms. The first-order valence-corrected chi connectivity index (χ1v) is 4.43. The fraction of sp³-hybridized carbons (Fsp3) is 0.500. The molecule has 1 aliphatic carbocycles. The third-order valence-electron chi connectivity index (χ3n) is 1.99. The first-order valence-electron chi connectivity index (χ1n) is 4.05. The summed E-state index contributed by atoms with van der Waals surface area (Å²) in [5.41, 5.74) is 0.440. The average Bonchev–Trinajstić information content (AvgIpc) is 2.89. The van der Waals surface area contributed by atoms with Gasteiger partial charge in [0.1, 0.15) is 5.69 Å². The van der Waals surface area contributed by atoms with E-state index in [1.165, 1.54) is 13.2 Å². The van der Waals surface area contributed by atoms with E-state index < -0.39 is 0 Å². The van der Waals surface area contributed by atoms with Crippen molar-refractivity contribution in [2.45, 2.75) is 18.9 Å². The molecule has 0 bridgehead atoms. The molecule has 0 radical (unpaired) electrons. The van der Waals surface area contributed by atoms with Crippen molar-refractivity contribution in [3.05, 3.63) is 16.9 Å². The summed E-state index contributed by atoms with van der Waals surface area (Å²) in [6.45, 7) is 0. The van der Waals surface area contributed by atoms with Gasteiger partial charge in [0, 0.05) is 6.07 Å². The number of halogens is 1. The molecule has 1 heterocycles. The molecule has 1 aromatic heterocycles. The standard InChI is InChI=1S/C8H9ClN2O2/c1-13-8(12)6-4-7(9)10-11(6)5-2-3-5/h4-5H,2-3H2,1H3. The quantitative estimate of drug-likeness (QED) is 0.682. The van der Waals surface area contributed by atoms with Gasteiger partial charge in [-0.05, 0) is 12.8 Å². The Balaban J connectivity index is 2.36. The van der Waals surface area contributed by atoms with Crippen LogP contribution in [0.15, 0.2) is 6.07 Å². The summed E-state index contributed by atoms with van der Waals surface area (Å²) < 4.78 is 6.26. The van der Waals surface area contributed by atoms with Crippen molar-refractivity contribution in [2.75, 3.05) is 7.11 Å². The number of rotatable bonds is 2. The van der Waals surface area contributed by atoms with E-state index in [1.54, 1.807) is 4.68 Å². The molecule has 1 aliphatic rings. The lowest BCUT2D eigenvalue weighted by molar-refractivity contribution is 0.0586. The second kappa shape index (κ2) is 3.03. The van der Waals surface area contributed by atoms with E-state index in [0.717, 1.165) is 12.8 Å². The molecular formula is C8H9ClN2O2. The van der Waals surface area contributed by atoms with Crippen LogP contribution in [0.5, 0.6) is 0 Å². The molecule has 1 fully saturated rings.